The Kier molecular flexibility index (Phi) is 6.90. The number of rotatable bonds is 8. The molecule has 2 rings (SSSR count). The molecular weight excluding hydrogens is 456 g/mol. The average molecular weight is 477 g/mol. The van der Waals surface area contributed by atoms with E-state index < -0.39 is 20.0 Å². The van der Waals surface area contributed by atoms with E-state index in [0.717, 1.165) is 0 Å². The van der Waals surface area contributed by atoms with Crippen molar-refractivity contribution in [1.82, 2.24) is 4.31 Å². The zero-order chi connectivity index (χ0) is 20.2. The first-order valence-corrected chi connectivity index (χ1v) is 11.8. The predicted molar refractivity (Wildman–Crippen MR) is 108 cm³/mol. The van der Waals surface area contributed by atoms with Crippen LogP contribution in [0.3, 0.4) is 0 Å². The van der Waals surface area contributed by atoms with E-state index in [0.29, 0.717) is 17.6 Å². The van der Waals surface area contributed by atoms with Crippen molar-refractivity contribution >= 4 is 41.7 Å². The number of sulfonamides is 2. The Morgan fingerprint density at radius 3 is 2.22 bits per heavy atom. The van der Waals surface area contributed by atoms with Gasteiger partial charge in [0.1, 0.15) is 10.6 Å². The molecule has 0 fully saturated rings. The SMILES string of the molecule is CCN(CC)S(=O)(=O)c1ccc(OC)c(NS(=O)(=O)c2ccccc2Br)c1. The average Bonchev–Trinajstić information content (AvgIpc) is 2.62. The zero-order valence-electron chi connectivity index (χ0n) is 15.1. The second-order valence-corrected chi connectivity index (χ2v) is 9.93. The Hall–Kier alpha value is -1.62. The fraction of sp³-hybridized carbons (Fsp3) is 0.294. The van der Waals surface area contributed by atoms with Gasteiger partial charge < -0.3 is 4.74 Å². The molecule has 2 aromatic rings. The fourth-order valence-electron chi connectivity index (χ4n) is 2.50. The van der Waals surface area contributed by atoms with Gasteiger partial charge >= 0.3 is 0 Å². The summed E-state index contributed by atoms with van der Waals surface area (Å²) in [4.78, 5) is 0.0147. The molecule has 0 spiro atoms. The van der Waals surface area contributed by atoms with Gasteiger partial charge in [0.2, 0.25) is 10.0 Å². The second kappa shape index (κ2) is 8.59. The molecule has 0 saturated carbocycles. The minimum atomic E-state index is -3.96. The number of hydrogen-bond donors (Lipinski definition) is 1. The van der Waals surface area contributed by atoms with Crippen molar-refractivity contribution in [3.8, 4) is 5.75 Å². The van der Waals surface area contributed by atoms with Crippen LogP contribution in [0.15, 0.2) is 56.7 Å². The van der Waals surface area contributed by atoms with E-state index in [1.807, 2.05) is 0 Å². The number of hydrogen-bond acceptors (Lipinski definition) is 5. The van der Waals surface area contributed by atoms with Crippen molar-refractivity contribution in [2.24, 2.45) is 0 Å². The Morgan fingerprint density at radius 2 is 1.67 bits per heavy atom. The highest BCUT2D eigenvalue weighted by molar-refractivity contribution is 9.10. The van der Waals surface area contributed by atoms with Crippen LogP contribution < -0.4 is 9.46 Å². The van der Waals surface area contributed by atoms with Crippen molar-refractivity contribution in [2.45, 2.75) is 23.6 Å². The van der Waals surface area contributed by atoms with Gasteiger partial charge in [-0.2, -0.15) is 4.31 Å². The van der Waals surface area contributed by atoms with Gasteiger partial charge in [0.25, 0.3) is 10.0 Å². The van der Waals surface area contributed by atoms with E-state index >= 15 is 0 Å². The fourth-order valence-corrected chi connectivity index (χ4v) is 6.05. The first-order chi connectivity index (χ1) is 12.7. The van der Waals surface area contributed by atoms with Crippen LogP contribution in [0.1, 0.15) is 13.8 Å². The molecule has 0 aliphatic carbocycles. The van der Waals surface area contributed by atoms with Crippen LogP contribution in [0.2, 0.25) is 0 Å². The Balaban J connectivity index is 2.52. The van der Waals surface area contributed by atoms with Crippen LogP contribution in [0, 0.1) is 0 Å². The van der Waals surface area contributed by atoms with E-state index in [1.165, 1.54) is 35.7 Å². The number of anilines is 1. The summed E-state index contributed by atoms with van der Waals surface area (Å²) in [7, 11) is -6.32. The second-order valence-electron chi connectivity index (χ2n) is 5.49. The molecule has 0 aromatic heterocycles. The number of methoxy groups -OCH3 is 1. The Labute approximate surface area is 168 Å². The van der Waals surface area contributed by atoms with Crippen molar-refractivity contribution in [1.29, 1.82) is 0 Å². The van der Waals surface area contributed by atoms with Crippen molar-refractivity contribution in [2.75, 3.05) is 24.9 Å². The molecule has 0 amide bonds. The summed E-state index contributed by atoms with van der Waals surface area (Å²) in [6.07, 6.45) is 0. The maximum absolute atomic E-state index is 12.7. The minimum Gasteiger partial charge on any atom is -0.495 e. The number of halogens is 1. The molecule has 0 aliphatic rings. The lowest BCUT2D eigenvalue weighted by atomic mass is 10.3. The standard InChI is InChI=1S/C17H21BrN2O5S2/c1-4-20(5-2)27(23,24)13-10-11-16(25-3)15(12-13)19-26(21,22)17-9-7-6-8-14(17)18/h6-12,19H,4-5H2,1-3H3. The first kappa shape index (κ1) is 21.7. The first-order valence-electron chi connectivity index (χ1n) is 8.13. The highest BCUT2D eigenvalue weighted by Crippen LogP contribution is 2.32. The van der Waals surface area contributed by atoms with Gasteiger partial charge in [-0.25, -0.2) is 16.8 Å². The van der Waals surface area contributed by atoms with Crippen LogP contribution in [0.25, 0.3) is 0 Å². The van der Waals surface area contributed by atoms with Gasteiger partial charge in [0, 0.05) is 17.6 Å². The van der Waals surface area contributed by atoms with Gasteiger partial charge in [0.15, 0.2) is 0 Å². The molecule has 7 nitrogen and oxygen atoms in total. The summed E-state index contributed by atoms with van der Waals surface area (Å²) < 4.78 is 60.2. The summed E-state index contributed by atoms with van der Waals surface area (Å²) in [5, 5.41) is 0. The third-order valence-electron chi connectivity index (χ3n) is 3.88. The third-order valence-corrected chi connectivity index (χ3v) is 8.31. The lowest BCUT2D eigenvalue weighted by Crippen LogP contribution is -2.30. The van der Waals surface area contributed by atoms with Crippen molar-refractivity contribution < 1.29 is 21.6 Å². The largest absolute Gasteiger partial charge is 0.495 e. The molecule has 0 bridgehead atoms. The molecule has 148 valence electrons. The quantitative estimate of drug-likeness (QED) is 0.630. The van der Waals surface area contributed by atoms with Crippen molar-refractivity contribution in [3.05, 3.63) is 46.9 Å². The van der Waals surface area contributed by atoms with Gasteiger partial charge in [-0.1, -0.05) is 26.0 Å². The topological polar surface area (TPSA) is 92.8 Å². The highest BCUT2D eigenvalue weighted by atomic mass is 79.9. The van der Waals surface area contributed by atoms with E-state index in [4.69, 9.17) is 4.74 Å². The van der Waals surface area contributed by atoms with E-state index in [9.17, 15) is 16.8 Å². The third kappa shape index (κ3) is 4.63. The molecule has 2 aromatic carbocycles. The summed E-state index contributed by atoms with van der Waals surface area (Å²) in [6, 6.07) is 10.4. The Bertz CT molecular complexity index is 1020. The number of nitrogens with zero attached hydrogens (tertiary/aromatic N) is 1. The number of nitrogens with one attached hydrogen (secondary N) is 1. The Morgan fingerprint density at radius 1 is 1.04 bits per heavy atom. The molecule has 27 heavy (non-hydrogen) atoms. The van der Waals surface area contributed by atoms with Gasteiger partial charge in [-0.15, -0.1) is 0 Å². The van der Waals surface area contributed by atoms with Crippen LogP contribution in [0.4, 0.5) is 5.69 Å². The smallest absolute Gasteiger partial charge is 0.263 e. The highest BCUT2D eigenvalue weighted by Gasteiger charge is 2.25. The maximum Gasteiger partial charge on any atom is 0.263 e. The molecule has 1 N–H and O–H groups in total. The lowest BCUT2D eigenvalue weighted by molar-refractivity contribution is 0.416. The molecule has 0 saturated heterocycles. The summed E-state index contributed by atoms with van der Waals surface area (Å²) >= 11 is 3.21. The van der Waals surface area contributed by atoms with E-state index in [2.05, 4.69) is 20.7 Å². The van der Waals surface area contributed by atoms with Crippen molar-refractivity contribution in [3.63, 3.8) is 0 Å². The van der Waals surface area contributed by atoms with E-state index in [-0.39, 0.29) is 21.2 Å². The zero-order valence-corrected chi connectivity index (χ0v) is 18.4. The summed E-state index contributed by atoms with van der Waals surface area (Å²) in [5.41, 5.74) is 0.0430. The van der Waals surface area contributed by atoms with Gasteiger partial charge in [0.05, 0.1) is 17.7 Å². The van der Waals surface area contributed by atoms with Crippen LogP contribution >= 0.6 is 15.9 Å². The number of benzene rings is 2. The molecular formula is C17H21BrN2O5S2. The molecule has 0 radical (unpaired) electrons. The summed E-state index contributed by atoms with van der Waals surface area (Å²) in [5.74, 6) is 0.212. The molecule has 0 heterocycles. The normalized spacial score (nSPS) is 12.2. The molecule has 0 atom stereocenters. The minimum absolute atomic E-state index is 0.0168. The van der Waals surface area contributed by atoms with Gasteiger partial charge in [-0.3, -0.25) is 4.72 Å². The monoisotopic (exact) mass is 476 g/mol. The maximum atomic E-state index is 12.7. The van der Waals surface area contributed by atoms with Crippen LogP contribution in [-0.2, 0) is 20.0 Å². The summed E-state index contributed by atoms with van der Waals surface area (Å²) in [6.45, 7) is 4.09. The molecule has 10 heteroatoms. The molecule has 0 aliphatic heterocycles. The molecule has 0 unspecified atom stereocenters. The van der Waals surface area contributed by atoms with Gasteiger partial charge in [-0.05, 0) is 46.3 Å². The predicted octanol–water partition coefficient (Wildman–Crippen LogP) is 3.29. The van der Waals surface area contributed by atoms with Crippen LogP contribution in [-0.4, -0.2) is 41.3 Å². The lowest BCUT2D eigenvalue weighted by Gasteiger charge is -2.20. The van der Waals surface area contributed by atoms with E-state index in [1.54, 1.807) is 32.0 Å². The number of ether oxygens (including phenoxy) is 1. The van der Waals surface area contributed by atoms with Crippen LogP contribution in [0.5, 0.6) is 5.75 Å².